The first kappa shape index (κ1) is 15.3. The molecule has 0 heterocycles. The van der Waals surface area contributed by atoms with E-state index < -0.39 is 11.3 Å². The molecule has 0 aliphatic carbocycles. The summed E-state index contributed by atoms with van der Waals surface area (Å²) in [6, 6.07) is 0. The molecule has 2 atom stereocenters. The lowest BCUT2D eigenvalue weighted by Gasteiger charge is -2.35. The first-order valence-electron chi connectivity index (χ1n) is 6.33. The standard InChI is InChI=1S/C13H25NO2/c1-6-10(4)9-13(5,12(15)14-16)11(7-2)8-3/h10-11H,6-9H2,1-5H3. The highest BCUT2D eigenvalue weighted by atomic mass is 16.3. The van der Waals surface area contributed by atoms with Crippen LogP contribution in [0.1, 0.15) is 60.3 Å². The van der Waals surface area contributed by atoms with E-state index in [1.807, 2.05) is 6.92 Å². The number of amides is 1. The molecule has 94 valence electrons. The predicted molar refractivity (Wildman–Crippen MR) is 67.1 cm³/mol. The molecule has 0 radical (unpaired) electrons. The quantitative estimate of drug-likeness (QED) is 0.613. The van der Waals surface area contributed by atoms with Crippen LogP contribution in [0.3, 0.4) is 0 Å². The van der Waals surface area contributed by atoms with Crippen LogP contribution in [0.25, 0.3) is 0 Å². The maximum Gasteiger partial charge on any atom is 0.292 e. The molecule has 16 heavy (non-hydrogen) atoms. The molecule has 2 unspecified atom stereocenters. The Hall–Kier alpha value is -0.730. The Kier molecular flexibility index (Phi) is 6.46. The molecular weight excluding hydrogens is 202 g/mol. The normalized spacial score (nSPS) is 16.9. The molecule has 3 heteroatoms. The Morgan fingerprint density at radius 2 is 1.69 bits per heavy atom. The predicted octanol–water partition coefficient (Wildman–Crippen LogP) is 4.16. The molecule has 0 saturated heterocycles. The van der Waals surface area contributed by atoms with E-state index in [0.29, 0.717) is 5.92 Å². The van der Waals surface area contributed by atoms with E-state index in [-0.39, 0.29) is 5.92 Å². The van der Waals surface area contributed by atoms with E-state index in [4.69, 9.17) is 0 Å². The van der Waals surface area contributed by atoms with Crippen LogP contribution in [-0.2, 0) is 4.79 Å². The SMILES string of the molecule is CCC(C)CC(C)(C(=O)N=O)C(CC)CC. The summed E-state index contributed by atoms with van der Waals surface area (Å²) < 4.78 is 0. The average Bonchev–Trinajstić information content (AvgIpc) is 2.29. The molecule has 0 aliphatic rings. The van der Waals surface area contributed by atoms with Crippen LogP contribution in [0.2, 0.25) is 0 Å². The van der Waals surface area contributed by atoms with Crippen molar-refractivity contribution < 1.29 is 4.79 Å². The first-order valence-corrected chi connectivity index (χ1v) is 6.33. The zero-order valence-electron chi connectivity index (χ0n) is 11.2. The largest absolute Gasteiger partial charge is 0.292 e. The highest BCUT2D eigenvalue weighted by Gasteiger charge is 2.41. The summed E-state index contributed by atoms with van der Waals surface area (Å²) in [5.41, 5.74) is -0.569. The molecule has 3 nitrogen and oxygen atoms in total. The maximum absolute atomic E-state index is 11.8. The molecule has 0 spiro atoms. The smallest absolute Gasteiger partial charge is 0.268 e. The molecule has 0 bridgehead atoms. The minimum absolute atomic E-state index is 0.256. The van der Waals surface area contributed by atoms with Crippen LogP contribution in [0, 0.1) is 22.2 Å². The molecule has 0 aromatic heterocycles. The lowest BCUT2D eigenvalue weighted by atomic mass is 9.68. The van der Waals surface area contributed by atoms with Gasteiger partial charge >= 0.3 is 0 Å². The third kappa shape index (κ3) is 3.39. The van der Waals surface area contributed by atoms with Crippen molar-refractivity contribution in [2.24, 2.45) is 22.4 Å². The van der Waals surface area contributed by atoms with Crippen molar-refractivity contribution in [2.75, 3.05) is 0 Å². The molecule has 1 amide bonds. The zero-order valence-corrected chi connectivity index (χ0v) is 11.2. The highest BCUT2D eigenvalue weighted by Crippen LogP contribution is 2.40. The Morgan fingerprint density at radius 3 is 2.00 bits per heavy atom. The Balaban J connectivity index is 5.00. The fourth-order valence-electron chi connectivity index (χ4n) is 2.59. The maximum atomic E-state index is 11.8. The van der Waals surface area contributed by atoms with Crippen LogP contribution in [-0.4, -0.2) is 5.91 Å². The lowest BCUT2D eigenvalue weighted by molar-refractivity contribution is -0.131. The van der Waals surface area contributed by atoms with Gasteiger partial charge in [0.15, 0.2) is 0 Å². The number of carbonyl (C=O) groups is 1. The molecule has 0 fully saturated rings. The Bertz CT molecular complexity index is 236. The second-order valence-corrected chi connectivity index (χ2v) is 5.04. The van der Waals surface area contributed by atoms with Gasteiger partial charge in [0.2, 0.25) is 0 Å². The van der Waals surface area contributed by atoms with Gasteiger partial charge in [0.25, 0.3) is 5.91 Å². The van der Waals surface area contributed by atoms with E-state index in [9.17, 15) is 9.70 Å². The van der Waals surface area contributed by atoms with Gasteiger partial charge in [-0.15, -0.1) is 4.91 Å². The van der Waals surface area contributed by atoms with Crippen LogP contribution < -0.4 is 0 Å². The van der Waals surface area contributed by atoms with Crippen molar-refractivity contribution in [3.63, 3.8) is 0 Å². The number of hydrogen-bond donors (Lipinski definition) is 0. The Labute approximate surface area is 99.0 Å². The molecule has 0 N–H and O–H groups in total. The van der Waals surface area contributed by atoms with Crippen molar-refractivity contribution >= 4 is 5.91 Å². The summed E-state index contributed by atoms with van der Waals surface area (Å²) in [5, 5.41) is 2.68. The number of nitroso groups, excluding NO2 is 1. The van der Waals surface area contributed by atoms with Crippen molar-refractivity contribution in [1.29, 1.82) is 0 Å². The van der Waals surface area contributed by atoms with Gasteiger partial charge in [-0.2, -0.15) is 0 Å². The monoisotopic (exact) mass is 227 g/mol. The first-order chi connectivity index (χ1) is 7.46. The summed E-state index contributed by atoms with van der Waals surface area (Å²) in [6.07, 6.45) is 3.64. The minimum atomic E-state index is -0.569. The van der Waals surface area contributed by atoms with Gasteiger partial charge < -0.3 is 0 Å². The summed E-state index contributed by atoms with van der Waals surface area (Å²) in [6.45, 7) is 10.3. The second kappa shape index (κ2) is 6.77. The van der Waals surface area contributed by atoms with Crippen molar-refractivity contribution in [1.82, 2.24) is 0 Å². The molecular formula is C13H25NO2. The van der Waals surface area contributed by atoms with Crippen LogP contribution in [0.5, 0.6) is 0 Å². The second-order valence-electron chi connectivity index (χ2n) is 5.04. The van der Waals surface area contributed by atoms with Crippen molar-refractivity contribution in [3.05, 3.63) is 4.91 Å². The third-order valence-corrected chi connectivity index (χ3v) is 3.93. The van der Waals surface area contributed by atoms with E-state index in [1.165, 1.54) is 0 Å². The topological polar surface area (TPSA) is 46.5 Å². The van der Waals surface area contributed by atoms with Crippen molar-refractivity contribution in [2.45, 2.75) is 60.3 Å². The molecule has 0 aliphatic heterocycles. The lowest BCUT2D eigenvalue weighted by Crippen LogP contribution is -2.36. The summed E-state index contributed by atoms with van der Waals surface area (Å²) >= 11 is 0. The fourth-order valence-corrected chi connectivity index (χ4v) is 2.59. The van der Waals surface area contributed by atoms with Crippen LogP contribution >= 0.6 is 0 Å². The van der Waals surface area contributed by atoms with Crippen LogP contribution in [0.4, 0.5) is 0 Å². The summed E-state index contributed by atoms with van der Waals surface area (Å²) in [5.74, 6) is 0.240. The molecule has 0 aromatic rings. The van der Waals surface area contributed by atoms with E-state index >= 15 is 0 Å². The van der Waals surface area contributed by atoms with Gasteiger partial charge in [-0.3, -0.25) is 4.79 Å². The van der Waals surface area contributed by atoms with E-state index in [0.717, 1.165) is 25.7 Å². The minimum Gasteiger partial charge on any atom is -0.268 e. The summed E-state index contributed by atoms with van der Waals surface area (Å²) in [4.78, 5) is 22.3. The Morgan fingerprint density at radius 1 is 1.19 bits per heavy atom. The molecule has 0 rings (SSSR count). The molecule has 0 aromatic carbocycles. The average molecular weight is 227 g/mol. The van der Waals surface area contributed by atoms with Gasteiger partial charge in [-0.1, -0.05) is 53.9 Å². The van der Waals surface area contributed by atoms with Crippen molar-refractivity contribution in [3.8, 4) is 0 Å². The summed E-state index contributed by atoms with van der Waals surface area (Å²) in [7, 11) is 0. The zero-order chi connectivity index (χ0) is 12.8. The number of carbonyl (C=O) groups excluding carboxylic acids is 1. The third-order valence-electron chi connectivity index (χ3n) is 3.93. The van der Waals surface area contributed by atoms with Gasteiger partial charge in [-0.05, 0) is 18.3 Å². The van der Waals surface area contributed by atoms with Crippen LogP contribution in [0.15, 0.2) is 5.18 Å². The van der Waals surface area contributed by atoms with E-state index in [1.54, 1.807) is 0 Å². The highest BCUT2D eigenvalue weighted by molar-refractivity contribution is 5.83. The fraction of sp³-hybridized carbons (Fsp3) is 0.923. The molecule has 0 saturated carbocycles. The van der Waals surface area contributed by atoms with Gasteiger partial charge in [0, 0.05) is 5.18 Å². The number of hydrogen-bond acceptors (Lipinski definition) is 2. The van der Waals surface area contributed by atoms with E-state index in [2.05, 4.69) is 32.9 Å². The van der Waals surface area contributed by atoms with Gasteiger partial charge in [0.05, 0.1) is 5.41 Å². The van der Waals surface area contributed by atoms with Gasteiger partial charge in [-0.25, -0.2) is 0 Å². The van der Waals surface area contributed by atoms with Gasteiger partial charge in [0.1, 0.15) is 0 Å². The number of nitrogens with zero attached hydrogens (tertiary/aromatic N) is 1. The number of rotatable bonds is 7.